The molecule has 35 heavy (non-hydrogen) atoms. The van der Waals surface area contributed by atoms with Gasteiger partial charge in [0.1, 0.15) is 0 Å². The van der Waals surface area contributed by atoms with Crippen LogP contribution >= 0.6 is 0 Å². The number of likely N-dealkylation sites (N-methyl/N-ethyl adjacent to an activating group) is 1. The average Bonchev–Trinajstić information content (AvgIpc) is 2.92. The summed E-state index contributed by atoms with van der Waals surface area (Å²) in [5.74, 6) is 1.22. The number of carbonyl (C=O) groups excluding carboxylic acids is 1. The fourth-order valence-electron chi connectivity index (χ4n) is 4.75. The van der Waals surface area contributed by atoms with E-state index < -0.39 is 5.97 Å². The summed E-state index contributed by atoms with van der Waals surface area (Å²) in [6.07, 6.45) is 0.843. The van der Waals surface area contributed by atoms with Gasteiger partial charge in [-0.05, 0) is 36.7 Å². The van der Waals surface area contributed by atoms with Crippen LogP contribution in [0.2, 0.25) is 0 Å². The summed E-state index contributed by atoms with van der Waals surface area (Å²) in [6.45, 7) is 4.12. The normalized spacial score (nSPS) is 18.3. The highest BCUT2D eigenvalue weighted by Gasteiger charge is 2.30. The molecule has 9 heteroatoms. The second-order valence-electron chi connectivity index (χ2n) is 8.96. The largest absolute Gasteiger partial charge is 0.465 e. The summed E-state index contributed by atoms with van der Waals surface area (Å²) in [6, 6.07) is 15.1. The van der Waals surface area contributed by atoms with Crippen LogP contribution in [0.15, 0.2) is 48.5 Å². The molecule has 3 aromatic rings. The Hall–Kier alpha value is -3.56. The minimum absolute atomic E-state index is 0.0420. The lowest BCUT2D eigenvalue weighted by molar-refractivity contribution is 0.0601. The van der Waals surface area contributed by atoms with Crippen LogP contribution in [0.1, 0.15) is 27.5 Å². The topological polar surface area (TPSA) is 94.9 Å². The molecule has 0 spiro atoms. The molecule has 0 bridgehead atoms. The quantitative estimate of drug-likeness (QED) is 0.558. The standard InChI is InChI=1S/C26H30N6O3/c1-30-12-14-31(15-13-30)25-27-23(19-7-5-8-20(16-19)24(34)35-2)28-26(29-25)32-11-10-18-6-3-4-9-21(18)22(32)17-33/h3-9,16,22,33H,10-15,17H2,1-2H3. The lowest BCUT2D eigenvalue weighted by atomic mass is 9.93. The SMILES string of the molecule is COC(=O)c1cccc(-c2nc(N3CCN(C)CC3)nc(N3CCc4ccccc4C3CO)n2)c1. The van der Waals surface area contributed by atoms with E-state index in [1.54, 1.807) is 18.2 Å². The lowest BCUT2D eigenvalue weighted by Crippen LogP contribution is -2.45. The first-order valence-corrected chi connectivity index (χ1v) is 11.9. The smallest absolute Gasteiger partial charge is 0.337 e. The summed E-state index contributed by atoms with van der Waals surface area (Å²) < 4.78 is 4.90. The third kappa shape index (κ3) is 4.69. The van der Waals surface area contributed by atoms with Crippen molar-refractivity contribution in [3.8, 4) is 11.4 Å². The number of carbonyl (C=O) groups is 1. The van der Waals surface area contributed by atoms with E-state index in [0.29, 0.717) is 35.4 Å². The third-order valence-electron chi connectivity index (χ3n) is 6.78. The zero-order valence-corrected chi connectivity index (χ0v) is 20.1. The molecular weight excluding hydrogens is 444 g/mol. The van der Waals surface area contributed by atoms with Crippen molar-refractivity contribution >= 4 is 17.9 Å². The van der Waals surface area contributed by atoms with Gasteiger partial charge in [-0.1, -0.05) is 36.4 Å². The number of anilines is 2. The first-order chi connectivity index (χ1) is 17.1. The van der Waals surface area contributed by atoms with E-state index in [1.165, 1.54) is 12.7 Å². The van der Waals surface area contributed by atoms with Gasteiger partial charge in [-0.15, -0.1) is 0 Å². The molecule has 5 rings (SSSR count). The van der Waals surface area contributed by atoms with Crippen LogP contribution in [-0.4, -0.2) is 84.4 Å². The molecule has 0 amide bonds. The second-order valence-corrected chi connectivity index (χ2v) is 8.96. The van der Waals surface area contributed by atoms with E-state index in [0.717, 1.165) is 38.2 Å². The predicted molar refractivity (Wildman–Crippen MR) is 134 cm³/mol. The minimum Gasteiger partial charge on any atom is -0.465 e. The Morgan fingerprint density at radius 2 is 1.77 bits per heavy atom. The highest BCUT2D eigenvalue weighted by molar-refractivity contribution is 5.90. The summed E-state index contributed by atoms with van der Waals surface area (Å²) in [7, 11) is 3.47. The van der Waals surface area contributed by atoms with E-state index in [4.69, 9.17) is 19.7 Å². The Bertz CT molecular complexity index is 1210. The Morgan fingerprint density at radius 3 is 2.54 bits per heavy atom. The maximum Gasteiger partial charge on any atom is 0.337 e. The number of benzene rings is 2. The summed E-state index contributed by atoms with van der Waals surface area (Å²) >= 11 is 0. The second kappa shape index (κ2) is 9.97. The summed E-state index contributed by atoms with van der Waals surface area (Å²) in [5.41, 5.74) is 3.48. The minimum atomic E-state index is -0.409. The van der Waals surface area contributed by atoms with Gasteiger partial charge in [-0.25, -0.2) is 4.79 Å². The number of aliphatic hydroxyl groups is 1. The zero-order chi connectivity index (χ0) is 24.4. The van der Waals surface area contributed by atoms with Crippen molar-refractivity contribution in [1.29, 1.82) is 0 Å². The highest BCUT2D eigenvalue weighted by atomic mass is 16.5. The van der Waals surface area contributed by atoms with Crippen molar-refractivity contribution in [3.63, 3.8) is 0 Å². The Morgan fingerprint density at radius 1 is 1.00 bits per heavy atom. The van der Waals surface area contributed by atoms with Crippen LogP contribution in [0, 0.1) is 0 Å². The molecule has 1 aromatic heterocycles. The highest BCUT2D eigenvalue weighted by Crippen LogP contribution is 2.33. The van der Waals surface area contributed by atoms with Crippen LogP contribution in [0.4, 0.5) is 11.9 Å². The molecule has 9 nitrogen and oxygen atoms in total. The van der Waals surface area contributed by atoms with E-state index in [-0.39, 0.29) is 12.6 Å². The molecule has 0 saturated carbocycles. The molecule has 1 unspecified atom stereocenters. The molecule has 1 saturated heterocycles. The number of nitrogens with zero attached hydrogens (tertiary/aromatic N) is 6. The predicted octanol–water partition coefficient (Wildman–Crippen LogP) is 2.17. The Balaban J connectivity index is 1.58. The van der Waals surface area contributed by atoms with E-state index in [9.17, 15) is 9.90 Å². The Kier molecular flexibility index (Phi) is 6.61. The molecule has 2 aromatic carbocycles. The molecular formula is C26H30N6O3. The molecule has 0 radical (unpaired) electrons. The molecule has 182 valence electrons. The van der Waals surface area contributed by atoms with Crippen LogP contribution in [-0.2, 0) is 11.2 Å². The van der Waals surface area contributed by atoms with Crippen molar-refractivity contribution in [1.82, 2.24) is 19.9 Å². The number of hydrogen-bond acceptors (Lipinski definition) is 9. The number of aliphatic hydroxyl groups excluding tert-OH is 1. The zero-order valence-electron chi connectivity index (χ0n) is 20.1. The molecule has 0 aliphatic carbocycles. The fourth-order valence-corrected chi connectivity index (χ4v) is 4.75. The maximum absolute atomic E-state index is 12.1. The van der Waals surface area contributed by atoms with Gasteiger partial charge in [0, 0.05) is 38.3 Å². The molecule has 2 aliphatic rings. The first-order valence-electron chi connectivity index (χ1n) is 11.9. The van der Waals surface area contributed by atoms with Crippen molar-refractivity contribution in [3.05, 3.63) is 65.2 Å². The van der Waals surface area contributed by atoms with Crippen LogP contribution in [0.5, 0.6) is 0 Å². The van der Waals surface area contributed by atoms with E-state index >= 15 is 0 Å². The van der Waals surface area contributed by atoms with Gasteiger partial charge >= 0.3 is 5.97 Å². The third-order valence-corrected chi connectivity index (χ3v) is 6.78. The van der Waals surface area contributed by atoms with E-state index in [2.05, 4.69) is 33.9 Å². The molecule has 1 N–H and O–H groups in total. The monoisotopic (exact) mass is 474 g/mol. The van der Waals surface area contributed by atoms with Gasteiger partial charge in [0.15, 0.2) is 5.82 Å². The van der Waals surface area contributed by atoms with Crippen molar-refractivity contribution < 1.29 is 14.6 Å². The summed E-state index contributed by atoms with van der Waals surface area (Å²) in [4.78, 5) is 33.2. The van der Waals surface area contributed by atoms with Gasteiger partial charge < -0.3 is 24.5 Å². The van der Waals surface area contributed by atoms with Gasteiger partial charge in [0.2, 0.25) is 11.9 Å². The number of fused-ring (bicyclic) bond motifs is 1. The number of esters is 1. The number of hydrogen-bond donors (Lipinski definition) is 1. The van der Waals surface area contributed by atoms with Gasteiger partial charge in [0.25, 0.3) is 0 Å². The number of ether oxygens (including phenoxy) is 1. The fraction of sp³-hybridized carbons (Fsp3) is 0.385. The first kappa shape index (κ1) is 23.2. The lowest BCUT2D eigenvalue weighted by Gasteiger charge is -2.37. The molecule has 1 fully saturated rings. The van der Waals surface area contributed by atoms with Crippen molar-refractivity contribution in [2.45, 2.75) is 12.5 Å². The number of aromatic nitrogens is 3. The number of piperazine rings is 1. The maximum atomic E-state index is 12.1. The molecule has 3 heterocycles. The Labute approximate surface area is 205 Å². The van der Waals surface area contributed by atoms with Crippen LogP contribution < -0.4 is 9.80 Å². The molecule has 1 atom stereocenters. The van der Waals surface area contributed by atoms with Crippen LogP contribution in [0.3, 0.4) is 0 Å². The van der Waals surface area contributed by atoms with Gasteiger partial charge in [-0.2, -0.15) is 15.0 Å². The average molecular weight is 475 g/mol. The van der Waals surface area contributed by atoms with Crippen molar-refractivity contribution in [2.75, 3.05) is 63.3 Å². The van der Waals surface area contributed by atoms with Gasteiger partial charge in [-0.3, -0.25) is 0 Å². The molecule has 2 aliphatic heterocycles. The van der Waals surface area contributed by atoms with Crippen LogP contribution in [0.25, 0.3) is 11.4 Å². The van der Waals surface area contributed by atoms with E-state index in [1.807, 2.05) is 18.2 Å². The number of methoxy groups -OCH3 is 1. The summed E-state index contributed by atoms with van der Waals surface area (Å²) in [5, 5.41) is 10.3. The number of rotatable bonds is 5. The van der Waals surface area contributed by atoms with Crippen molar-refractivity contribution in [2.24, 2.45) is 0 Å². The van der Waals surface area contributed by atoms with Gasteiger partial charge in [0.05, 0.1) is 25.3 Å².